The number of carbonyl (C=O) groups excluding carboxylic acids is 1. The summed E-state index contributed by atoms with van der Waals surface area (Å²) in [5.41, 5.74) is 10.3. The second kappa shape index (κ2) is 9.01. The van der Waals surface area contributed by atoms with Crippen LogP contribution in [-0.4, -0.2) is 30.7 Å². The van der Waals surface area contributed by atoms with Crippen LogP contribution in [0.2, 0.25) is 0 Å². The molecule has 33 heavy (non-hydrogen) atoms. The lowest BCUT2D eigenvalue weighted by molar-refractivity contribution is 0.0663. The second-order valence-corrected chi connectivity index (χ2v) is 7.85. The number of carbonyl (C=O) groups is 1. The molecule has 1 unspecified atom stereocenters. The van der Waals surface area contributed by atoms with Crippen LogP contribution >= 0.6 is 0 Å². The Labute approximate surface area is 191 Å². The Bertz CT molecular complexity index is 1360. The van der Waals surface area contributed by atoms with Gasteiger partial charge in [-0.15, -0.1) is 0 Å². The van der Waals surface area contributed by atoms with Crippen LogP contribution in [0.15, 0.2) is 55.0 Å². The number of aryl methyl sites for hydroxylation is 1. The normalized spacial score (nSPS) is 11.7. The minimum atomic E-state index is -0.404. The second-order valence-electron chi connectivity index (χ2n) is 7.85. The lowest BCUT2D eigenvalue weighted by atomic mass is 10.0. The summed E-state index contributed by atoms with van der Waals surface area (Å²) in [6, 6.07) is 12.2. The molecule has 0 saturated heterocycles. The third kappa shape index (κ3) is 4.34. The fraction of sp³-hybridized carbons (Fsp3) is 0.200. The van der Waals surface area contributed by atoms with Gasteiger partial charge in [0.15, 0.2) is 0 Å². The highest BCUT2D eigenvalue weighted by atomic mass is 16.2. The number of nitrogen functional groups attached to an aromatic ring is 1. The molecule has 1 atom stereocenters. The predicted octanol–water partition coefficient (Wildman–Crippen LogP) is 3.89. The first-order chi connectivity index (χ1) is 15.9. The number of nitriles is 1. The van der Waals surface area contributed by atoms with Gasteiger partial charge in [-0.1, -0.05) is 0 Å². The highest BCUT2D eigenvalue weighted by molar-refractivity contribution is 5.99. The Morgan fingerprint density at radius 1 is 1.12 bits per heavy atom. The van der Waals surface area contributed by atoms with Gasteiger partial charge in [0.2, 0.25) is 0 Å². The molecule has 0 aliphatic heterocycles. The Morgan fingerprint density at radius 3 is 2.55 bits per heavy atom. The topological polar surface area (TPSA) is 122 Å². The summed E-state index contributed by atoms with van der Waals surface area (Å²) >= 11 is 0. The van der Waals surface area contributed by atoms with Crippen molar-refractivity contribution in [3.63, 3.8) is 0 Å². The van der Waals surface area contributed by atoms with Gasteiger partial charge in [-0.05, 0) is 68.3 Å². The number of nitrogens with two attached hydrogens (primary N) is 1. The van der Waals surface area contributed by atoms with E-state index in [4.69, 9.17) is 11.0 Å². The zero-order valence-electron chi connectivity index (χ0n) is 18.6. The van der Waals surface area contributed by atoms with Crippen LogP contribution in [0.4, 0.5) is 5.82 Å². The van der Waals surface area contributed by atoms with Crippen LogP contribution in [-0.2, 0) is 6.54 Å². The maximum Gasteiger partial charge on any atom is 0.254 e. The first kappa shape index (κ1) is 21.8. The number of hydrogen-bond acceptors (Lipinski definition) is 7. The standard InChI is InChI=1S/C25H23N7O/c1-15-16(2)23(27)31-22-8-6-19(11-21(15)22)25(33)32(17(3)24-28-9-4-10-29-24)14-20-7-5-18(12-26)13-30-20/h4-11,13,17H,14H2,1-3H3,(H2,27,31). The highest BCUT2D eigenvalue weighted by Gasteiger charge is 2.26. The molecule has 0 saturated carbocycles. The van der Waals surface area contributed by atoms with Gasteiger partial charge >= 0.3 is 0 Å². The van der Waals surface area contributed by atoms with Crippen molar-refractivity contribution in [2.75, 3.05) is 5.73 Å². The van der Waals surface area contributed by atoms with Crippen molar-refractivity contribution in [3.05, 3.63) is 88.8 Å². The third-order valence-electron chi connectivity index (χ3n) is 5.81. The number of aromatic nitrogens is 4. The maximum absolute atomic E-state index is 13.7. The number of pyridine rings is 2. The molecule has 164 valence electrons. The van der Waals surface area contributed by atoms with E-state index in [1.165, 1.54) is 6.20 Å². The molecular formula is C25H23N7O. The minimum absolute atomic E-state index is 0.183. The summed E-state index contributed by atoms with van der Waals surface area (Å²) in [7, 11) is 0. The SMILES string of the molecule is Cc1c(N)nc2ccc(C(=O)N(Cc3ccc(C#N)cn3)C(C)c3ncccn3)cc2c1C. The molecular weight excluding hydrogens is 414 g/mol. The average molecular weight is 438 g/mol. The monoisotopic (exact) mass is 437 g/mol. The van der Waals surface area contributed by atoms with Gasteiger partial charge in [-0.25, -0.2) is 15.0 Å². The molecule has 0 spiro atoms. The van der Waals surface area contributed by atoms with E-state index < -0.39 is 6.04 Å². The summed E-state index contributed by atoms with van der Waals surface area (Å²) in [6.07, 6.45) is 4.80. The van der Waals surface area contributed by atoms with Crippen molar-refractivity contribution in [3.8, 4) is 6.07 Å². The molecule has 1 aromatic carbocycles. The number of benzene rings is 1. The van der Waals surface area contributed by atoms with E-state index in [1.54, 1.807) is 41.6 Å². The van der Waals surface area contributed by atoms with Crippen LogP contribution < -0.4 is 5.73 Å². The molecule has 0 aliphatic rings. The zero-order chi connectivity index (χ0) is 23.5. The van der Waals surface area contributed by atoms with Crippen LogP contribution in [0.1, 0.15) is 51.5 Å². The fourth-order valence-corrected chi connectivity index (χ4v) is 3.65. The predicted molar refractivity (Wildman–Crippen MR) is 125 cm³/mol. The van der Waals surface area contributed by atoms with E-state index in [0.717, 1.165) is 22.0 Å². The van der Waals surface area contributed by atoms with Crippen LogP contribution in [0.5, 0.6) is 0 Å². The highest BCUT2D eigenvalue weighted by Crippen LogP contribution is 2.27. The summed E-state index contributed by atoms with van der Waals surface area (Å²) in [5.74, 6) is 0.834. The molecule has 3 heterocycles. The molecule has 0 radical (unpaired) electrons. The van der Waals surface area contributed by atoms with Crippen LogP contribution in [0.3, 0.4) is 0 Å². The molecule has 0 bridgehead atoms. The van der Waals surface area contributed by atoms with E-state index in [0.29, 0.717) is 28.5 Å². The number of amides is 1. The molecule has 4 rings (SSSR count). The van der Waals surface area contributed by atoms with Crippen molar-refractivity contribution in [2.24, 2.45) is 0 Å². The molecule has 8 nitrogen and oxygen atoms in total. The molecule has 2 N–H and O–H groups in total. The lowest BCUT2D eigenvalue weighted by Crippen LogP contribution is -2.34. The Hall–Kier alpha value is -4.38. The largest absolute Gasteiger partial charge is 0.383 e. The first-order valence-electron chi connectivity index (χ1n) is 10.5. The third-order valence-corrected chi connectivity index (χ3v) is 5.81. The van der Waals surface area contributed by atoms with Crippen molar-refractivity contribution >= 4 is 22.6 Å². The van der Waals surface area contributed by atoms with E-state index in [1.807, 2.05) is 32.9 Å². The minimum Gasteiger partial charge on any atom is -0.383 e. The number of anilines is 1. The van der Waals surface area contributed by atoms with Gasteiger partial charge in [0.05, 0.1) is 29.4 Å². The van der Waals surface area contributed by atoms with Crippen molar-refractivity contribution < 1.29 is 4.79 Å². The Kier molecular flexibility index (Phi) is 5.96. The van der Waals surface area contributed by atoms with Crippen molar-refractivity contribution in [2.45, 2.75) is 33.4 Å². The van der Waals surface area contributed by atoms with E-state index >= 15 is 0 Å². The molecule has 1 amide bonds. The van der Waals surface area contributed by atoms with Gasteiger partial charge in [0, 0.05) is 29.5 Å². The quantitative estimate of drug-likeness (QED) is 0.502. The van der Waals surface area contributed by atoms with Gasteiger partial charge in [-0.2, -0.15) is 5.26 Å². The van der Waals surface area contributed by atoms with Crippen molar-refractivity contribution in [1.29, 1.82) is 5.26 Å². The van der Waals surface area contributed by atoms with E-state index in [-0.39, 0.29) is 12.5 Å². The van der Waals surface area contributed by atoms with Gasteiger partial charge in [-0.3, -0.25) is 9.78 Å². The van der Waals surface area contributed by atoms with Gasteiger partial charge in [0.25, 0.3) is 5.91 Å². The summed E-state index contributed by atoms with van der Waals surface area (Å²) in [4.78, 5) is 32.9. The van der Waals surface area contributed by atoms with Crippen LogP contribution in [0, 0.1) is 25.2 Å². The zero-order valence-corrected chi connectivity index (χ0v) is 18.6. The lowest BCUT2D eigenvalue weighted by Gasteiger charge is -2.28. The number of nitrogens with zero attached hydrogens (tertiary/aromatic N) is 6. The Morgan fingerprint density at radius 2 is 1.88 bits per heavy atom. The van der Waals surface area contributed by atoms with Gasteiger partial charge in [0.1, 0.15) is 17.7 Å². The number of hydrogen-bond donors (Lipinski definition) is 1. The number of fused-ring (bicyclic) bond motifs is 1. The average Bonchev–Trinajstić information content (AvgIpc) is 2.86. The smallest absolute Gasteiger partial charge is 0.254 e. The number of rotatable bonds is 5. The summed E-state index contributed by atoms with van der Waals surface area (Å²) in [6.45, 7) is 6.02. The fourth-order valence-electron chi connectivity index (χ4n) is 3.65. The summed E-state index contributed by atoms with van der Waals surface area (Å²) < 4.78 is 0. The molecule has 3 aromatic heterocycles. The van der Waals surface area contributed by atoms with E-state index in [9.17, 15) is 4.79 Å². The maximum atomic E-state index is 13.7. The molecule has 4 aromatic rings. The Balaban J connectivity index is 1.75. The summed E-state index contributed by atoms with van der Waals surface area (Å²) in [5, 5.41) is 9.93. The van der Waals surface area contributed by atoms with E-state index in [2.05, 4.69) is 26.0 Å². The first-order valence-corrected chi connectivity index (χ1v) is 10.5. The molecule has 8 heteroatoms. The van der Waals surface area contributed by atoms with Gasteiger partial charge < -0.3 is 10.6 Å². The van der Waals surface area contributed by atoms with Crippen molar-refractivity contribution in [1.82, 2.24) is 24.8 Å². The van der Waals surface area contributed by atoms with Crippen LogP contribution in [0.25, 0.3) is 10.9 Å². The molecule has 0 aliphatic carbocycles. The molecule has 0 fully saturated rings.